The third-order valence-electron chi connectivity index (χ3n) is 4.11. The van der Waals surface area contributed by atoms with Gasteiger partial charge in [-0.1, -0.05) is 6.07 Å². The Labute approximate surface area is 118 Å². The van der Waals surface area contributed by atoms with Crippen LogP contribution < -0.4 is 11.1 Å². The number of aromatic nitrogens is 1. The predicted molar refractivity (Wildman–Crippen MR) is 80.5 cm³/mol. The lowest BCUT2D eigenvalue weighted by Gasteiger charge is -2.37. The highest BCUT2D eigenvalue weighted by Crippen LogP contribution is 2.33. The Kier molecular flexibility index (Phi) is 3.18. The van der Waals surface area contributed by atoms with Gasteiger partial charge in [0.15, 0.2) is 0 Å². The van der Waals surface area contributed by atoms with Gasteiger partial charge in [-0.05, 0) is 49.9 Å². The quantitative estimate of drug-likeness (QED) is 0.900. The van der Waals surface area contributed by atoms with Crippen LogP contribution in [0.3, 0.4) is 0 Å². The van der Waals surface area contributed by atoms with Crippen LogP contribution in [0.5, 0.6) is 0 Å². The van der Waals surface area contributed by atoms with Gasteiger partial charge in [0.1, 0.15) is 0 Å². The summed E-state index contributed by atoms with van der Waals surface area (Å²) in [5.41, 5.74) is 8.68. The van der Waals surface area contributed by atoms with Gasteiger partial charge in [0.2, 0.25) is 5.91 Å². The predicted octanol–water partition coefficient (Wildman–Crippen LogP) is 2.75. The van der Waals surface area contributed by atoms with Crippen LogP contribution in [0.15, 0.2) is 30.5 Å². The highest BCUT2D eigenvalue weighted by molar-refractivity contribution is 6.02. The van der Waals surface area contributed by atoms with Gasteiger partial charge in [-0.15, -0.1) is 0 Å². The average Bonchev–Trinajstić information content (AvgIpc) is 2.40. The van der Waals surface area contributed by atoms with Gasteiger partial charge in [0.05, 0.1) is 11.2 Å². The molecule has 20 heavy (non-hydrogen) atoms. The number of nitrogens with one attached hydrogen (secondary N) is 1. The minimum atomic E-state index is -0.289. The molecule has 0 bridgehead atoms. The molecule has 2 aromatic rings. The number of amides is 1. The summed E-state index contributed by atoms with van der Waals surface area (Å²) in [5, 5.41) is 3.95. The van der Waals surface area contributed by atoms with Crippen LogP contribution in [-0.2, 0) is 4.79 Å². The van der Waals surface area contributed by atoms with Gasteiger partial charge in [-0.2, -0.15) is 0 Å². The fourth-order valence-corrected chi connectivity index (χ4v) is 2.74. The summed E-state index contributed by atoms with van der Waals surface area (Å²) < 4.78 is 0. The Balaban J connectivity index is 1.84. The maximum atomic E-state index is 12.1. The molecule has 3 rings (SSSR count). The lowest BCUT2D eigenvalue weighted by molar-refractivity contribution is -0.118. The van der Waals surface area contributed by atoms with E-state index in [2.05, 4.69) is 10.3 Å². The molecule has 1 heterocycles. The number of fused-ring (bicyclic) bond motifs is 1. The van der Waals surface area contributed by atoms with E-state index in [-0.39, 0.29) is 11.4 Å². The Bertz CT molecular complexity index is 662. The van der Waals surface area contributed by atoms with Gasteiger partial charge < -0.3 is 11.1 Å². The summed E-state index contributed by atoms with van der Waals surface area (Å²) in [6, 6.07) is 7.77. The maximum Gasteiger partial charge on any atom is 0.226 e. The number of anilines is 1. The molecular weight excluding hydrogens is 250 g/mol. The molecule has 0 radical (unpaired) electrons. The fourth-order valence-electron chi connectivity index (χ4n) is 2.74. The molecular formula is C16H19N3O. The fraction of sp³-hybridized carbons (Fsp3) is 0.375. The van der Waals surface area contributed by atoms with E-state index in [0.717, 1.165) is 41.4 Å². The molecule has 3 N–H and O–H groups in total. The SMILES string of the molecule is Cc1ccc(NC(=O)CC2(N)CCC2)c2cccnc12. The van der Waals surface area contributed by atoms with Gasteiger partial charge >= 0.3 is 0 Å². The van der Waals surface area contributed by atoms with E-state index in [0.29, 0.717) is 6.42 Å². The van der Waals surface area contributed by atoms with Gasteiger partial charge in [-0.25, -0.2) is 0 Å². The Morgan fingerprint density at radius 2 is 2.20 bits per heavy atom. The standard InChI is InChI=1S/C16H19N3O/c1-11-5-6-13(12-4-2-9-18-15(11)12)19-14(20)10-16(17)7-3-8-16/h2,4-6,9H,3,7-8,10,17H2,1H3,(H,19,20). The van der Waals surface area contributed by atoms with Crippen molar-refractivity contribution in [2.24, 2.45) is 5.73 Å². The van der Waals surface area contributed by atoms with Gasteiger partial charge in [0.25, 0.3) is 0 Å². The Hall–Kier alpha value is -1.94. The molecule has 0 spiro atoms. The zero-order chi connectivity index (χ0) is 14.2. The van der Waals surface area contributed by atoms with Crippen LogP contribution >= 0.6 is 0 Å². The molecule has 1 amide bonds. The highest BCUT2D eigenvalue weighted by atomic mass is 16.1. The van der Waals surface area contributed by atoms with Crippen molar-refractivity contribution in [2.75, 3.05) is 5.32 Å². The van der Waals surface area contributed by atoms with Gasteiger partial charge in [0, 0.05) is 23.5 Å². The van der Waals surface area contributed by atoms with Gasteiger partial charge in [-0.3, -0.25) is 9.78 Å². The van der Waals surface area contributed by atoms with E-state index in [1.807, 2.05) is 31.2 Å². The van der Waals surface area contributed by atoms with E-state index in [4.69, 9.17) is 5.73 Å². The minimum absolute atomic E-state index is 0.0128. The second-order valence-electron chi connectivity index (χ2n) is 5.77. The zero-order valence-electron chi connectivity index (χ0n) is 11.6. The number of nitrogens with two attached hydrogens (primary N) is 1. The zero-order valence-corrected chi connectivity index (χ0v) is 11.6. The van der Waals surface area contributed by atoms with Crippen LogP contribution in [-0.4, -0.2) is 16.4 Å². The van der Waals surface area contributed by atoms with Crippen LogP contribution in [0.1, 0.15) is 31.2 Å². The Morgan fingerprint density at radius 1 is 1.40 bits per heavy atom. The van der Waals surface area contributed by atoms with Crippen molar-refractivity contribution in [3.05, 3.63) is 36.0 Å². The van der Waals surface area contributed by atoms with Crippen molar-refractivity contribution in [3.63, 3.8) is 0 Å². The van der Waals surface area contributed by atoms with Crippen molar-refractivity contribution in [1.29, 1.82) is 0 Å². The summed E-state index contributed by atoms with van der Waals surface area (Å²) in [4.78, 5) is 16.5. The van der Waals surface area contributed by atoms with Crippen LogP contribution in [0.2, 0.25) is 0 Å². The minimum Gasteiger partial charge on any atom is -0.325 e. The molecule has 0 aliphatic heterocycles. The lowest BCUT2D eigenvalue weighted by atomic mass is 9.75. The van der Waals surface area contributed by atoms with E-state index in [1.165, 1.54) is 0 Å². The summed E-state index contributed by atoms with van der Waals surface area (Å²) >= 11 is 0. The molecule has 1 fully saturated rings. The highest BCUT2D eigenvalue weighted by Gasteiger charge is 2.34. The second kappa shape index (κ2) is 4.87. The number of pyridine rings is 1. The van der Waals surface area contributed by atoms with Crippen molar-refractivity contribution in [3.8, 4) is 0 Å². The average molecular weight is 269 g/mol. The molecule has 0 unspecified atom stereocenters. The summed E-state index contributed by atoms with van der Waals surface area (Å²) in [7, 11) is 0. The van der Waals surface area contributed by atoms with E-state index < -0.39 is 0 Å². The maximum absolute atomic E-state index is 12.1. The normalized spacial score (nSPS) is 16.7. The molecule has 1 aromatic heterocycles. The van der Waals surface area contributed by atoms with Crippen LogP contribution in [0.4, 0.5) is 5.69 Å². The molecule has 104 valence electrons. The monoisotopic (exact) mass is 269 g/mol. The van der Waals surface area contributed by atoms with Crippen LogP contribution in [0, 0.1) is 6.92 Å². The molecule has 1 aliphatic rings. The first-order valence-electron chi connectivity index (χ1n) is 7.00. The summed E-state index contributed by atoms with van der Waals surface area (Å²) in [5.74, 6) is -0.0128. The molecule has 1 aliphatic carbocycles. The van der Waals surface area contributed by atoms with Crippen LogP contribution in [0.25, 0.3) is 10.9 Å². The Morgan fingerprint density at radius 3 is 2.90 bits per heavy atom. The molecule has 4 nitrogen and oxygen atoms in total. The smallest absolute Gasteiger partial charge is 0.226 e. The molecule has 0 atom stereocenters. The third-order valence-corrected chi connectivity index (χ3v) is 4.11. The third kappa shape index (κ3) is 2.39. The van der Waals surface area contributed by atoms with E-state index >= 15 is 0 Å². The number of benzene rings is 1. The van der Waals surface area contributed by atoms with Crippen molar-refractivity contribution in [2.45, 2.75) is 38.1 Å². The second-order valence-corrected chi connectivity index (χ2v) is 5.77. The molecule has 0 saturated heterocycles. The largest absolute Gasteiger partial charge is 0.325 e. The topological polar surface area (TPSA) is 68.0 Å². The number of hydrogen-bond donors (Lipinski definition) is 2. The molecule has 1 saturated carbocycles. The number of nitrogens with zero attached hydrogens (tertiary/aromatic N) is 1. The number of carbonyl (C=O) groups is 1. The molecule has 4 heteroatoms. The summed E-state index contributed by atoms with van der Waals surface area (Å²) in [6.07, 6.45) is 5.17. The van der Waals surface area contributed by atoms with E-state index in [1.54, 1.807) is 6.20 Å². The summed E-state index contributed by atoms with van der Waals surface area (Å²) in [6.45, 7) is 2.02. The first kappa shape index (κ1) is 13.1. The van der Waals surface area contributed by atoms with E-state index in [9.17, 15) is 4.79 Å². The number of rotatable bonds is 3. The number of hydrogen-bond acceptors (Lipinski definition) is 3. The van der Waals surface area contributed by atoms with Crippen molar-refractivity contribution >= 4 is 22.5 Å². The number of aryl methyl sites for hydroxylation is 1. The lowest BCUT2D eigenvalue weighted by Crippen LogP contribution is -2.48. The first-order chi connectivity index (χ1) is 9.57. The first-order valence-corrected chi connectivity index (χ1v) is 7.00. The van der Waals surface area contributed by atoms with Crippen molar-refractivity contribution in [1.82, 2.24) is 4.98 Å². The number of carbonyl (C=O) groups excluding carboxylic acids is 1. The van der Waals surface area contributed by atoms with Crippen molar-refractivity contribution < 1.29 is 4.79 Å². The molecule has 1 aromatic carbocycles.